The molecule has 4 heterocycles. The average Bonchev–Trinajstić information content (AvgIpc) is 3.53. The number of carbonyl (C=O) groups excluding carboxylic acids is 2. The third-order valence-electron chi connectivity index (χ3n) is 6.92. The Morgan fingerprint density at radius 2 is 1.97 bits per heavy atom. The molecule has 35 heavy (non-hydrogen) atoms. The van der Waals surface area contributed by atoms with Crippen LogP contribution >= 0.6 is 0 Å². The molecule has 184 valence electrons. The number of aromatic nitrogens is 4. The Balaban J connectivity index is 1.19. The van der Waals surface area contributed by atoms with Crippen LogP contribution in [-0.4, -0.2) is 80.0 Å². The van der Waals surface area contributed by atoms with Gasteiger partial charge in [-0.2, -0.15) is 0 Å². The molecule has 2 amide bonds. The van der Waals surface area contributed by atoms with Crippen LogP contribution in [0.15, 0.2) is 47.7 Å². The standard InChI is InChI=1S/C25H30N6O4/c32-23(9-14-30(17-19-4-3-15-35-19)24(33)21-16-26-10-11-27-21)29-12-7-18(8-13-29)31-22-6-2-1-5-20(22)28-25(31)34/h1-2,5-6,10-11,16,18-19H,3-4,7-9,12-15,17H2,(H,28,34). The maximum Gasteiger partial charge on any atom is 0.326 e. The average molecular weight is 479 g/mol. The van der Waals surface area contributed by atoms with Gasteiger partial charge in [0.25, 0.3) is 5.91 Å². The molecule has 3 aromatic rings. The highest BCUT2D eigenvalue weighted by Gasteiger charge is 2.28. The number of fused-ring (bicyclic) bond motifs is 1. The molecule has 2 aromatic heterocycles. The first-order valence-corrected chi connectivity index (χ1v) is 12.2. The summed E-state index contributed by atoms with van der Waals surface area (Å²) < 4.78 is 7.54. The van der Waals surface area contributed by atoms with Gasteiger partial charge in [-0.25, -0.2) is 9.78 Å². The van der Waals surface area contributed by atoms with Gasteiger partial charge in [-0.15, -0.1) is 0 Å². The van der Waals surface area contributed by atoms with E-state index in [2.05, 4.69) is 15.0 Å². The number of amides is 2. The lowest BCUT2D eigenvalue weighted by molar-refractivity contribution is -0.132. The molecule has 1 atom stereocenters. The molecule has 10 heteroatoms. The number of hydrogen-bond acceptors (Lipinski definition) is 6. The molecular formula is C25H30N6O4. The lowest BCUT2D eigenvalue weighted by Crippen LogP contribution is -2.43. The van der Waals surface area contributed by atoms with E-state index in [1.54, 1.807) is 4.90 Å². The van der Waals surface area contributed by atoms with Crippen molar-refractivity contribution in [2.45, 2.75) is 44.2 Å². The molecule has 0 aliphatic carbocycles. The minimum atomic E-state index is -0.237. The molecule has 2 saturated heterocycles. The first-order chi connectivity index (χ1) is 17.1. The van der Waals surface area contributed by atoms with Crippen molar-refractivity contribution in [3.63, 3.8) is 0 Å². The van der Waals surface area contributed by atoms with Crippen LogP contribution in [0.5, 0.6) is 0 Å². The molecule has 0 bridgehead atoms. The van der Waals surface area contributed by atoms with E-state index in [1.165, 1.54) is 18.6 Å². The summed E-state index contributed by atoms with van der Waals surface area (Å²) in [5.74, 6) is -0.224. The summed E-state index contributed by atoms with van der Waals surface area (Å²) in [5.41, 5.74) is 1.89. The number of nitrogens with zero attached hydrogens (tertiary/aromatic N) is 5. The van der Waals surface area contributed by atoms with Crippen LogP contribution in [0.25, 0.3) is 11.0 Å². The van der Waals surface area contributed by atoms with E-state index in [0.717, 1.165) is 23.9 Å². The number of nitrogens with one attached hydrogen (secondary N) is 1. The van der Waals surface area contributed by atoms with E-state index in [9.17, 15) is 14.4 Å². The fourth-order valence-electron chi connectivity index (χ4n) is 5.08. The number of likely N-dealkylation sites (tertiary alicyclic amines) is 1. The van der Waals surface area contributed by atoms with Gasteiger partial charge in [0.2, 0.25) is 5.91 Å². The largest absolute Gasteiger partial charge is 0.376 e. The van der Waals surface area contributed by atoms with Gasteiger partial charge in [0, 0.05) is 57.6 Å². The number of imidazole rings is 1. The van der Waals surface area contributed by atoms with Gasteiger partial charge in [-0.05, 0) is 37.8 Å². The van der Waals surface area contributed by atoms with Gasteiger partial charge in [0.1, 0.15) is 5.69 Å². The van der Waals surface area contributed by atoms with Crippen molar-refractivity contribution >= 4 is 22.8 Å². The molecule has 2 fully saturated rings. The third-order valence-corrected chi connectivity index (χ3v) is 6.92. The molecular weight excluding hydrogens is 448 g/mol. The van der Waals surface area contributed by atoms with Crippen molar-refractivity contribution in [2.75, 3.05) is 32.8 Å². The molecule has 5 rings (SSSR count). The third kappa shape index (κ3) is 5.12. The molecule has 0 radical (unpaired) electrons. The zero-order valence-corrected chi connectivity index (χ0v) is 19.6. The Bertz CT molecular complexity index is 1230. The molecule has 1 aromatic carbocycles. The molecule has 1 N–H and O–H groups in total. The zero-order chi connectivity index (χ0) is 24.2. The van der Waals surface area contributed by atoms with Gasteiger partial charge in [0.05, 0.1) is 23.3 Å². The summed E-state index contributed by atoms with van der Waals surface area (Å²) >= 11 is 0. The molecule has 10 nitrogen and oxygen atoms in total. The van der Waals surface area contributed by atoms with E-state index >= 15 is 0 Å². The molecule has 1 unspecified atom stereocenters. The number of para-hydroxylation sites is 2. The van der Waals surface area contributed by atoms with Crippen molar-refractivity contribution in [3.05, 3.63) is 59.0 Å². The van der Waals surface area contributed by atoms with Gasteiger partial charge in [-0.3, -0.25) is 19.1 Å². The predicted molar refractivity (Wildman–Crippen MR) is 129 cm³/mol. The van der Waals surface area contributed by atoms with Crippen LogP contribution in [0.2, 0.25) is 0 Å². The van der Waals surface area contributed by atoms with Crippen molar-refractivity contribution in [3.8, 4) is 0 Å². The van der Waals surface area contributed by atoms with Crippen molar-refractivity contribution in [1.29, 1.82) is 0 Å². The maximum absolute atomic E-state index is 13.0. The number of H-pyrrole nitrogens is 1. The summed E-state index contributed by atoms with van der Waals surface area (Å²) in [6.45, 7) is 2.61. The minimum absolute atomic E-state index is 0.0130. The van der Waals surface area contributed by atoms with Crippen LogP contribution in [0.3, 0.4) is 0 Å². The topological polar surface area (TPSA) is 113 Å². The fraction of sp³-hybridized carbons (Fsp3) is 0.480. The smallest absolute Gasteiger partial charge is 0.326 e. The summed E-state index contributed by atoms with van der Waals surface area (Å²) in [5, 5.41) is 0. The zero-order valence-electron chi connectivity index (χ0n) is 19.6. The predicted octanol–water partition coefficient (Wildman–Crippen LogP) is 1.99. The SMILES string of the molecule is O=C(CCN(CC1CCCO1)C(=O)c1cnccn1)N1CCC(n2c(=O)[nH]c3ccccc32)CC1. The van der Waals surface area contributed by atoms with E-state index in [0.29, 0.717) is 45.6 Å². The highest BCUT2D eigenvalue weighted by Crippen LogP contribution is 2.25. The van der Waals surface area contributed by atoms with Crippen molar-refractivity contribution < 1.29 is 14.3 Å². The lowest BCUT2D eigenvalue weighted by Gasteiger charge is -2.33. The van der Waals surface area contributed by atoms with Crippen LogP contribution in [-0.2, 0) is 9.53 Å². The van der Waals surface area contributed by atoms with Crippen molar-refractivity contribution in [2.24, 2.45) is 0 Å². The Morgan fingerprint density at radius 1 is 1.14 bits per heavy atom. The molecule has 2 aliphatic rings. The lowest BCUT2D eigenvalue weighted by atomic mass is 10.0. The minimum Gasteiger partial charge on any atom is -0.376 e. The monoisotopic (exact) mass is 478 g/mol. The maximum atomic E-state index is 13.0. The first kappa shape index (κ1) is 23.2. The van der Waals surface area contributed by atoms with Crippen LogP contribution < -0.4 is 5.69 Å². The number of aromatic amines is 1. The van der Waals surface area contributed by atoms with E-state index in [1.807, 2.05) is 33.7 Å². The van der Waals surface area contributed by atoms with E-state index in [-0.39, 0.29) is 41.8 Å². The molecule has 2 aliphatic heterocycles. The second-order valence-corrected chi connectivity index (χ2v) is 9.16. The Kier molecular flexibility index (Phi) is 6.89. The Hall–Kier alpha value is -3.53. The summed E-state index contributed by atoms with van der Waals surface area (Å²) in [6, 6.07) is 7.73. The highest BCUT2D eigenvalue weighted by atomic mass is 16.5. The van der Waals surface area contributed by atoms with Crippen LogP contribution in [0.4, 0.5) is 0 Å². The number of benzene rings is 1. The summed E-state index contributed by atoms with van der Waals surface area (Å²) in [7, 11) is 0. The van der Waals surface area contributed by atoms with Crippen LogP contribution in [0.1, 0.15) is 48.6 Å². The molecule has 0 spiro atoms. The number of hydrogen-bond donors (Lipinski definition) is 1. The highest BCUT2D eigenvalue weighted by molar-refractivity contribution is 5.92. The number of rotatable bonds is 7. The summed E-state index contributed by atoms with van der Waals surface area (Å²) in [6.07, 6.45) is 7.99. The normalized spacial score (nSPS) is 18.7. The second kappa shape index (κ2) is 10.4. The summed E-state index contributed by atoms with van der Waals surface area (Å²) in [4.78, 5) is 53.1. The van der Waals surface area contributed by atoms with Crippen molar-refractivity contribution in [1.82, 2.24) is 29.3 Å². The van der Waals surface area contributed by atoms with Crippen LogP contribution in [0, 0.1) is 0 Å². The Labute approximate surface area is 202 Å². The van der Waals surface area contributed by atoms with Gasteiger partial charge >= 0.3 is 5.69 Å². The van der Waals surface area contributed by atoms with E-state index in [4.69, 9.17) is 4.74 Å². The quantitative estimate of drug-likeness (QED) is 0.556. The second-order valence-electron chi connectivity index (χ2n) is 9.16. The van der Waals surface area contributed by atoms with Gasteiger partial charge in [0.15, 0.2) is 0 Å². The van der Waals surface area contributed by atoms with Gasteiger partial charge in [-0.1, -0.05) is 12.1 Å². The van der Waals surface area contributed by atoms with Gasteiger partial charge < -0.3 is 19.5 Å². The number of piperidine rings is 1. The number of carbonyl (C=O) groups is 2. The fourth-order valence-corrected chi connectivity index (χ4v) is 5.08. The number of ether oxygens (including phenoxy) is 1. The molecule has 0 saturated carbocycles. The van der Waals surface area contributed by atoms with E-state index < -0.39 is 0 Å². The first-order valence-electron chi connectivity index (χ1n) is 12.2. The Morgan fingerprint density at radius 3 is 2.71 bits per heavy atom.